The summed E-state index contributed by atoms with van der Waals surface area (Å²) in [7, 11) is -3.96. The van der Waals surface area contributed by atoms with Crippen LogP contribution in [0.5, 0.6) is 0 Å². The molecule has 4 rings (SSSR count). The highest BCUT2D eigenvalue weighted by atomic mass is 32.2. The van der Waals surface area contributed by atoms with Crippen LogP contribution in [0.4, 0.5) is 11.5 Å². The van der Waals surface area contributed by atoms with Gasteiger partial charge in [0.15, 0.2) is 0 Å². The van der Waals surface area contributed by atoms with Crippen LogP contribution in [0.15, 0.2) is 83.9 Å². The fourth-order valence-electron chi connectivity index (χ4n) is 3.99. The van der Waals surface area contributed by atoms with Crippen LogP contribution in [-0.4, -0.2) is 51.0 Å². The molecule has 37 heavy (non-hydrogen) atoms. The number of pyridine rings is 1. The van der Waals surface area contributed by atoms with Crippen LogP contribution in [0, 0.1) is 0 Å². The Hall–Kier alpha value is -3.96. The van der Waals surface area contributed by atoms with Crippen molar-refractivity contribution in [1.82, 2.24) is 15.2 Å². The molecule has 11 heteroatoms. The number of piperidine rings is 1. The number of hydrogen-bond donors (Lipinski definition) is 3. The topological polar surface area (TPSA) is 130 Å². The number of hydrogen-bond acceptors (Lipinski definition) is 8. The number of nitrogens with zero attached hydrogens (tertiary/aromatic N) is 2. The van der Waals surface area contributed by atoms with Crippen molar-refractivity contribution in [1.29, 1.82) is 0 Å². The lowest BCUT2D eigenvalue weighted by atomic mass is 10.0. The number of carbonyl (C=O) groups excluding carboxylic acids is 2. The van der Waals surface area contributed by atoms with Gasteiger partial charge < -0.3 is 20.4 Å². The predicted octanol–water partition coefficient (Wildman–Crippen LogP) is 2.72. The number of aromatic nitrogens is 1. The molecule has 1 atom stereocenters. The molecule has 0 unspecified atom stereocenters. The average molecular weight is 524 g/mol. The minimum atomic E-state index is -3.96. The van der Waals surface area contributed by atoms with Gasteiger partial charge in [-0.3, -0.25) is 9.59 Å². The second-order valence-electron chi connectivity index (χ2n) is 8.57. The molecule has 0 spiro atoms. The van der Waals surface area contributed by atoms with E-state index in [-0.39, 0.29) is 29.8 Å². The second-order valence-corrected chi connectivity index (χ2v) is 10.2. The van der Waals surface area contributed by atoms with E-state index in [1.807, 2.05) is 30.3 Å². The van der Waals surface area contributed by atoms with Gasteiger partial charge in [0.2, 0.25) is 0 Å². The molecule has 2 heterocycles. The molecule has 1 aromatic heterocycles. The summed E-state index contributed by atoms with van der Waals surface area (Å²) in [6, 6.07) is 20.9. The molecule has 2 aromatic carbocycles. The fraction of sp³-hybridized carbons (Fsp3) is 0.269. The van der Waals surface area contributed by atoms with E-state index in [1.54, 1.807) is 41.4 Å². The van der Waals surface area contributed by atoms with Gasteiger partial charge in [0.25, 0.3) is 15.9 Å². The number of nitrogens with one attached hydrogen (secondary N) is 3. The van der Waals surface area contributed by atoms with E-state index in [9.17, 15) is 18.0 Å². The lowest BCUT2D eigenvalue weighted by molar-refractivity contribution is -0.146. The molecular weight excluding hydrogens is 494 g/mol. The number of benzene rings is 2. The minimum Gasteiger partial charge on any atom is -0.369 e. The first-order valence-electron chi connectivity index (χ1n) is 12.0. The molecule has 0 saturated carbocycles. The van der Waals surface area contributed by atoms with E-state index in [0.29, 0.717) is 5.56 Å². The molecule has 1 aliphatic rings. The van der Waals surface area contributed by atoms with Crippen molar-refractivity contribution in [3.8, 4) is 0 Å². The number of sulfonamides is 1. The second kappa shape index (κ2) is 12.3. The predicted molar refractivity (Wildman–Crippen MR) is 139 cm³/mol. The molecule has 1 aliphatic heterocycles. The highest BCUT2D eigenvalue weighted by Crippen LogP contribution is 2.22. The third-order valence-corrected chi connectivity index (χ3v) is 7.06. The number of anilines is 2. The van der Waals surface area contributed by atoms with Gasteiger partial charge in [-0.05, 0) is 66.3 Å². The Morgan fingerprint density at radius 1 is 1.00 bits per heavy atom. The van der Waals surface area contributed by atoms with Crippen LogP contribution in [0.25, 0.3) is 0 Å². The maximum absolute atomic E-state index is 12.5. The first-order valence-corrected chi connectivity index (χ1v) is 13.5. The SMILES string of the molecule is O=C(CCNC(=O)c1ccc(N2CCC[C@H](Nc3ccccn3)C2)cc1)ONS(=O)(=O)c1ccccc1. The standard InChI is InChI=1S/C26H29N5O5S/c32-25(36-30-37(34,35)23-8-2-1-3-9-23)15-17-28-26(33)20-11-13-22(14-12-20)31-18-6-7-21(19-31)29-24-10-4-5-16-27-24/h1-5,8-14,16,21,30H,6-7,15,17-19H2,(H,27,29)(H,28,33)/t21-/m0/s1. The van der Waals surface area contributed by atoms with Gasteiger partial charge in [0.1, 0.15) is 5.82 Å². The molecule has 194 valence electrons. The van der Waals surface area contributed by atoms with Gasteiger partial charge in [-0.2, -0.15) is 0 Å². The first kappa shape index (κ1) is 26.1. The van der Waals surface area contributed by atoms with Crippen LogP contribution < -0.4 is 20.4 Å². The summed E-state index contributed by atoms with van der Waals surface area (Å²) in [5.74, 6) is -0.287. The van der Waals surface area contributed by atoms with Crippen LogP contribution in [0.1, 0.15) is 29.6 Å². The Balaban J connectivity index is 1.21. The number of carbonyl (C=O) groups is 2. The Bertz CT molecular complexity index is 1290. The summed E-state index contributed by atoms with van der Waals surface area (Å²) in [5, 5.41) is 6.12. The van der Waals surface area contributed by atoms with Crippen molar-refractivity contribution in [2.45, 2.75) is 30.2 Å². The molecule has 0 bridgehead atoms. The van der Waals surface area contributed by atoms with Crippen LogP contribution in [0.2, 0.25) is 0 Å². The zero-order valence-electron chi connectivity index (χ0n) is 20.2. The lowest BCUT2D eigenvalue weighted by Gasteiger charge is -2.35. The highest BCUT2D eigenvalue weighted by molar-refractivity contribution is 7.89. The summed E-state index contributed by atoms with van der Waals surface area (Å²) < 4.78 is 24.2. The number of amides is 1. The lowest BCUT2D eigenvalue weighted by Crippen LogP contribution is -2.42. The monoisotopic (exact) mass is 523 g/mol. The minimum absolute atomic E-state index is 0.000517. The Morgan fingerprint density at radius 3 is 2.49 bits per heavy atom. The van der Waals surface area contributed by atoms with E-state index >= 15 is 0 Å². The summed E-state index contributed by atoms with van der Waals surface area (Å²) in [6.07, 6.45) is 3.68. The smallest absolute Gasteiger partial charge is 0.327 e. The number of rotatable bonds is 10. The third-order valence-electron chi connectivity index (χ3n) is 5.87. The molecule has 0 aliphatic carbocycles. The molecule has 3 N–H and O–H groups in total. The van der Waals surface area contributed by atoms with Crippen molar-refractivity contribution in [2.75, 3.05) is 29.9 Å². The normalized spacial score (nSPS) is 15.6. The molecule has 3 aromatic rings. The Kier molecular flexibility index (Phi) is 8.70. The van der Waals surface area contributed by atoms with E-state index in [4.69, 9.17) is 0 Å². The van der Waals surface area contributed by atoms with Gasteiger partial charge in [-0.1, -0.05) is 24.3 Å². The van der Waals surface area contributed by atoms with Gasteiger partial charge in [-0.15, -0.1) is 0 Å². The maximum atomic E-state index is 12.5. The van der Waals surface area contributed by atoms with Gasteiger partial charge in [0.05, 0.1) is 11.3 Å². The summed E-state index contributed by atoms with van der Waals surface area (Å²) in [5.41, 5.74) is 1.49. The van der Waals surface area contributed by atoms with Gasteiger partial charge in [-0.25, -0.2) is 13.4 Å². The molecular formula is C26H29N5O5S. The fourth-order valence-corrected chi connectivity index (χ4v) is 4.80. The molecule has 10 nitrogen and oxygen atoms in total. The quantitative estimate of drug-likeness (QED) is 0.346. The van der Waals surface area contributed by atoms with Crippen molar-refractivity contribution in [3.05, 3.63) is 84.6 Å². The van der Waals surface area contributed by atoms with Crippen molar-refractivity contribution in [2.24, 2.45) is 0 Å². The third kappa shape index (κ3) is 7.51. The molecule has 1 saturated heterocycles. The zero-order valence-corrected chi connectivity index (χ0v) is 21.0. The van der Waals surface area contributed by atoms with Crippen LogP contribution in [0.3, 0.4) is 0 Å². The Morgan fingerprint density at radius 2 is 1.76 bits per heavy atom. The molecule has 1 amide bonds. The first-order chi connectivity index (χ1) is 17.9. The largest absolute Gasteiger partial charge is 0.369 e. The van der Waals surface area contributed by atoms with E-state index in [0.717, 1.165) is 37.4 Å². The van der Waals surface area contributed by atoms with Gasteiger partial charge >= 0.3 is 5.97 Å². The average Bonchev–Trinajstić information content (AvgIpc) is 2.93. The summed E-state index contributed by atoms with van der Waals surface area (Å²) in [4.78, 5) is 37.4. The van der Waals surface area contributed by atoms with Gasteiger partial charge in [0, 0.05) is 43.1 Å². The summed E-state index contributed by atoms with van der Waals surface area (Å²) >= 11 is 0. The van der Waals surface area contributed by atoms with E-state index < -0.39 is 16.0 Å². The highest BCUT2D eigenvalue weighted by Gasteiger charge is 2.21. The molecule has 1 fully saturated rings. The van der Waals surface area contributed by atoms with Crippen LogP contribution in [-0.2, 0) is 19.7 Å². The molecule has 0 radical (unpaired) electrons. The maximum Gasteiger partial charge on any atom is 0.327 e. The van der Waals surface area contributed by atoms with E-state index in [2.05, 4.69) is 25.4 Å². The summed E-state index contributed by atoms with van der Waals surface area (Å²) in [6.45, 7) is 1.76. The zero-order chi connectivity index (χ0) is 26.1. The van der Waals surface area contributed by atoms with Crippen molar-refractivity contribution < 1.29 is 22.8 Å². The van der Waals surface area contributed by atoms with Crippen molar-refractivity contribution >= 4 is 33.4 Å². The van der Waals surface area contributed by atoms with Crippen LogP contribution >= 0.6 is 0 Å². The van der Waals surface area contributed by atoms with E-state index in [1.165, 1.54) is 12.1 Å². The Labute approximate surface area is 216 Å². The van der Waals surface area contributed by atoms with Crippen molar-refractivity contribution in [3.63, 3.8) is 0 Å².